The highest BCUT2D eigenvalue weighted by atomic mass is 79.9. The molecule has 3 nitrogen and oxygen atoms in total. The Morgan fingerprint density at radius 1 is 1.33 bits per heavy atom. The Kier molecular flexibility index (Phi) is 4.02. The molecule has 0 aromatic carbocycles. The molecule has 2 rings (SSSR count). The molecule has 0 unspecified atom stereocenters. The fourth-order valence-electron chi connectivity index (χ4n) is 2.02. The lowest BCUT2D eigenvalue weighted by molar-refractivity contribution is 0.834. The molecule has 0 amide bonds. The fraction of sp³-hybridized carbons (Fsp3) is 0.385. The fourth-order valence-corrected chi connectivity index (χ4v) is 3.50. The molecule has 2 aromatic heterocycles. The van der Waals surface area contributed by atoms with Gasteiger partial charge in [-0.3, -0.25) is 0 Å². The van der Waals surface area contributed by atoms with Gasteiger partial charge in [0.1, 0.15) is 5.82 Å². The second-order valence-corrected chi connectivity index (χ2v) is 6.17. The van der Waals surface area contributed by atoms with Crippen LogP contribution >= 0.6 is 27.3 Å². The van der Waals surface area contributed by atoms with E-state index in [0.29, 0.717) is 5.92 Å². The van der Waals surface area contributed by atoms with Gasteiger partial charge in [-0.05, 0) is 40.2 Å². The van der Waals surface area contributed by atoms with E-state index < -0.39 is 0 Å². The molecule has 0 radical (unpaired) electrons. The van der Waals surface area contributed by atoms with Crippen LogP contribution in [0.5, 0.6) is 0 Å². The first-order valence-electron chi connectivity index (χ1n) is 5.84. The molecule has 0 fully saturated rings. The van der Waals surface area contributed by atoms with Crippen LogP contribution in [-0.2, 0) is 0 Å². The number of nitrogens with zero attached hydrogens (tertiary/aromatic N) is 2. The van der Waals surface area contributed by atoms with E-state index in [1.165, 1.54) is 5.56 Å². The zero-order valence-corrected chi connectivity index (χ0v) is 13.3. The van der Waals surface area contributed by atoms with Crippen LogP contribution in [-0.4, -0.2) is 17.0 Å². The van der Waals surface area contributed by atoms with Crippen molar-refractivity contribution in [1.82, 2.24) is 9.97 Å². The van der Waals surface area contributed by atoms with E-state index >= 15 is 0 Å². The second-order valence-electron chi connectivity index (χ2n) is 4.40. The third-order valence-corrected chi connectivity index (χ3v) is 4.60. The molecule has 5 heteroatoms. The van der Waals surface area contributed by atoms with Gasteiger partial charge in [-0.2, -0.15) is 0 Å². The van der Waals surface area contributed by atoms with Gasteiger partial charge in [0.25, 0.3) is 0 Å². The lowest BCUT2D eigenvalue weighted by Crippen LogP contribution is -2.06. The first-order chi connectivity index (χ1) is 8.54. The zero-order chi connectivity index (χ0) is 13.3. The van der Waals surface area contributed by atoms with Crippen LogP contribution < -0.4 is 5.32 Å². The summed E-state index contributed by atoms with van der Waals surface area (Å²) in [7, 11) is 1.90. The van der Waals surface area contributed by atoms with Gasteiger partial charge in [0.2, 0.25) is 0 Å². The minimum absolute atomic E-state index is 0.410. The molecular weight excluding hydrogens is 310 g/mol. The maximum Gasteiger partial charge on any atom is 0.173 e. The summed E-state index contributed by atoms with van der Waals surface area (Å²) in [5.74, 6) is 2.12. The van der Waals surface area contributed by atoms with E-state index in [2.05, 4.69) is 45.1 Å². The van der Waals surface area contributed by atoms with E-state index in [1.54, 1.807) is 11.3 Å². The minimum atomic E-state index is 0.410. The standard InChI is InChI=1S/C13H16BrN3S/c1-7(2)10-8(3)16-13(17-12(10)15-4)11-9(14)5-6-18-11/h5-7H,1-4H3,(H,15,16,17). The molecule has 0 aliphatic heterocycles. The Labute approximate surface area is 120 Å². The molecule has 0 spiro atoms. The van der Waals surface area contributed by atoms with Crippen LogP contribution in [0.15, 0.2) is 15.9 Å². The van der Waals surface area contributed by atoms with Gasteiger partial charge in [0.15, 0.2) is 5.82 Å². The smallest absolute Gasteiger partial charge is 0.173 e. The number of aryl methyl sites for hydroxylation is 1. The predicted octanol–water partition coefficient (Wildman–Crippen LogP) is 4.44. The van der Waals surface area contributed by atoms with Gasteiger partial charge in [-0.15, -0.1) is 11.3 Å². The number of hydrogen-bond donors (Lipinski definition) is 1. The minimum Gasteiger partial charge on any atom is -0.373 e. The Bertz CT molecular complexity index is 563. The molecule has 0 atom stereocenters. The average molecular weight is 326 g/mol. The number of anilines is 1. The average Bonchev–Trinajstić information content (AvgIpc) is 2.73. The highest BCUT2D eigenvalue weighted by Gasteiger charge is 2.16. The number of aromatic nitrogens is 2. The Hall–Kier alpha value is -0.940. The highest BCUT2D eigenvalue weighted by molar-refractivity contribution is 9.10. The summed E-state index contributed by atoms with van der Waals surface area (Å²) in [4.78, 5) is 10.3. The first kappa shape index (κ1) is 13.5. The van der Waals surface area contributed by atoms with E-state index in [-0.39, 0.29) is 0 Å². The van der Waals surface area contributed by atoms with Crippen molar-refractivity contribution in [2.45, 2.75) is 26.7 Å². The summed E-state index contributed by atoms with van der Waals surface area (Å²) >= 11 is 5.18. The third kappa shape index (κ3) is 2.42. The molecule has 18 heavy (non-hydrogen) atoms. The van der Waals surface area contributed by atoms with Crippen molar-refractivity contribution in [3.63, 3.8) is 0 Å². The largest absolute Gasteiger partial charge is 0.373 e. The van der Waals surface area contributed by atoms with Crippen LogP contribution in [0.1, 0.15) is 31.0 Å². The zero-order valence-electron chi connectivity index (χ0n) is 10.9. The maximum atomic E-state index is 4.64. The van der Waals surface area contributed by atoms with Crippen molar-refractivity contribution >= 4 is 33.1 Å². The molecule has 2 aromatic rings. The number of hydrogen-bond acceptors (Lipinski definition) is 4. The molecule has 0 saturated heterocycles. The third-order valence-electron chi connectivity index (χ3n) is 2.77. The lowest BCUT2D eigenvalue weighted by Gasteiger charge is -2.15. The maximum absolute atomic E-state index is 4.64. The molecule has 0 aliphatic rings. The van der Waals surface area contributed by atoms with E-state index in [1.807, 2.05) is 25.4 Å². The van der Waals surface area contributed by atoms with E-state index in [0.717, 1.165) is 26.7 Å². The van der Waals surface area contributed by atoms with Crippen molar-refractivity contribution in [2.75, 3.05) is 12.4 Å². The topological polar surface area (TPSA) is 37.8 Å². The van der Waals surface area contributed by atoms with Crippen molar-refractivity contribution in [3.8, 4) is 10.7 Å². The lowest BCUT2D eigenvalue weighted by atomic mass is 10.0. The molecule has 0 bridgehead atoms. The summed E-state index contributed by atoms with van der Waals surface area (Å²) in [5, 5.41) is 5.21. The second kappa shape index (κ2) is 5.36. The van der Waals surface area contributed by atoms with Gasteiger partial charge in [0, 0.05) is 22.8 Å². The number of thiophene rings is 1. The molecular formula is C13H16BrN3S. The van der Waals surface area contributed by atoms with Crippen molar-refractivity contribution in [2.24, 2.45) is 0 Å². The number of nitrogens with one attached hydrogen (secondary N) is 1. The number of halogens is 1. The monoisotopic (exact) mass is 325 g/mol. The van der Waals surface area contributed by atoms with E-state index in [9.17, 15) is 0 Å². The van der Waals surface area contributed by atoms with Crippen molar-refractivity contribution in [3.05, 3.63) is 27.2 Å². The predicted molar refractivity (Wildman–Crippen MR) is 81.4 cm³/mol. The molecule has 96 valence electrons. The van der Waals surface area contributed by atoms with Crippen LogP contribution in [0.2, 0.25) is 0 Å². The quantitative estimate of drug-likeness (QED) is 0.906. The summed E-state index contributed by atoms with van der Waals surface area (Å²) in [5.41, 5.74) is 2.23. The molecule has 0 saturated carbocycles. The van der Waals surface area contributed by atoms with Crippen LogP contribution in [0.4, 0.5) is 5.82 Å². The summed E-state index contributed by atoms with van der Waals surface area (Å²) < 4.78 is 1.05. The van der Waals surface area contributed by atoms with Gasteiger partial charge in [-0.25, -0.2) is 9.97 Å². The normalized spacial score (nSPS) is 11.0. The number of rotatable bonds is 3. The van der Waals surface area contributed by atoms with Crippen LogP contribution in [0, 0.1) is 6.92 Å². The van der Waals surface area contributed by atoms with Crippen molar-refractivity contribution < 1.29 is 0 Å². The van der Waals surface area contributed by atoms with Crippen LogP contribution in [0.25, 0.3) is 10.7 Å². The Balaban J connectivity index is 2.60. The van der Waals surface area contributed by atoms with Crippen LogP contribution in [0.3, 0.4) is 0 Å². The Morgan fingerprint density at radius 2 is 2.06 bits per heavy atom. The van der Waals surface area contributed by atoms with E-state index in [4.69, 9.17) is 0 Å². The summed E-state index contributed by atoms with van der Waals surface area (Å²) in [6, 6.07) is 2.02. The molecule has 2 heterocycles. The highest BCUT2D eigenvalue weighted by Crippen LogP contribution is 2.34. The van der Waals surface area contributed by atoms with Gasteiger partial charge < -0.3 is 5.32 Å². The summed E-state index contributed by atoms with van der Waals surface area (Å²) in [6.45, 7) is 6.36. The first-order valence-corrected chi connectivity index (χ1v) is 7.51. The van der Waals surface area contributed by atoms with Gasteiger partial charge in [0.05, 0.1) is 4.88 Å². The SMILES string of the molecule is CNc1nc(-c2sccc2Br)nc(C)c1C(C)C. The van der Waals surface area contributed by atoms with Gasteiger partial charge in [-0.1, -0.05) is 13.8 Å². The summed E-state index contributed by atoms with van der Waals surface area (Å²) in [6.07, 6.45) is 0. The molecule has 0 aliphatic carbocycles. The van der Waals surface area contributed by atoms with Crippen molar-refractivity contribution in [1.29, 1.82) is 0 Å². The molecule has 1 N–H and O–H groups in total. The van der Waals surface area contributed by atoms with Gasteiger partial charge >= 0.3 is 0 Å². The Morgan fingerprint density at radius 3 is 2.56 bits per heavy atom.